The van der Waals surface area contributed by atoms with Gasteiger partial charge in [0.15, 0.2) is 6.61 Å². The SMILES string of the molecule is O=C(COc1ccc(F)cc1)Nc1ccc2c(c1)C(=O)N1CCCCC1CCO2. The molecule has 0 aliphatic carbocycles. The molecule has 29 heavy (non-hydrogen) atoms. The fourth-order valence-electron chi connectivity index (χ4n) is 3.81. The van der Waals surface area contributed by atoms with Crippen molar-refractivity contribution in [3.8, 4) is 11.5 Å². The molecule has 2 amide bonds. The summed E-state index contributed by atoms with van der Waals surface area (Å²) in [7, 11) is 0. The molecule has 1 atom stereocenters. The summed E-state index contributed by atoms with van der Waals surface area (Å²) >= 11 is 0. The molecule has 152 valence electrons. The molecule has 0 spiro atoms. The van der Waals surface area contributed by atoms with Gasteiger partial charge in [0.25, 0.3) is 11.8 Å². The number of amides is 2. The summed E-state index contributed by atoms with van der Waals surface area (Å²) in [6.07, 6.45) is 3.98. The van der Waals surface area contributed by atoms with E-state index in [9.17, 15) is 14.0 Å². The van der Waals surface area contributed by atoms with E-state index in [-0.39, 0.29) is 30.3 Å². The number of hydrogen-bond donors (Lipinski definition) is 1. The minimum absolute atomic E-state index is 0.0527. The van der Waals surface area contributed by atoms with Gasteiger partial charge in [0, 0.05) is 24.7 Å². The van der Waals surface area contributed by atoms with Crippen LogP contribution in [0, 0.1) is 5.82 Å². The molecule has 2 aliphatic heterocycles. The highest BCUT2D eigenvalue weighted by atomic mass is 19.1. The smallest absolute Gasteiger partial charge is 0.262 e. The van der Waals surface area contributed by atoms with E-state index < -0.39 is 0 Å². The minimum Gasteiger partial charge on any atom is -0.493 e. The van der Waals surface area contributed by atoms with Gasteiger partial charge in [0.05, 0.1) is 12.2 Å². The number of anilines is 1. The number of rotatable bonds is 4. The fourth-order valence-corrected chi connectivity index (χ4v) is 3.81. The summed E-state index contributed by atoms with van der Waals surface area (Å²) in [4.78, 5) is 27.2. The molecule has 7 heteroatoms. The Bertz CT molecular complexity index is 900. The fraction of sp³-hybridized carbons (Fsp3) is 0.364. The van der Waals surface area contributed by atoms with Gasteiger partial charge in [-0.3, -0.25) is 9.59 Å². The second kappa shape index (κ2) is 8.51. The molecule has 2 heterocycles. The van der Waals surface area contributed by atoms with E-state index >= 15 is 0 Å². The normalized spacial score (nSPS) is 18.6. The molecule has 2 aromatic rings. The average molecular weight is 398 g/mol. The van der Waals surface area contributed by atoms with Crippen LogP contribution in [0.25, 0.3) is 0 Å². The van der Waals surface area contributed by atoms with Gasteiger partial charge < -0.3 is 19.7 Å². The predicted octanol–water partition coefficient (Wildman–Crippen LogP) is 3.62. The molecule has 1 saturated heterocycles. The number of nitrogens with one attached hydrogen (secondary N) is 1. The van der Waals surface area contributed by atoms with Crippen molar-refractivity contribution in [3.63, 3.8) is 0 Å². The van der Waals surface area contributed by atoms with Gasteiger partial charge in [-0.15, -0.1) is 0 Å². The maximum absolute atomic E-state index is 13.1. The minimum atomic E-state index is -0.371. The van der Waals surface area contributed by atoms with Crippen LogP contribution in [-0.4, -0.2) is 42.5 Å². The Morgan fingerprint density at radius 2 is 2.00 bits per heavy atom. The summed E-state index contributed by atoms with van der Waals surface area (Å²) in [6.45, 7) is 1.10. The average Bonchev–Trinajstić information content (AvgIpc) is 2.73. The Labute approximate surface area is 168 Å². The van der Waals surface area contributed by atoms with Crippen molar-refractivity contribution in [1.29, 1.82) is 0 Å². The van der Waals surface area contributed by atoms with Crippen LogP contribution >= 0.6 is 0 Å². The molecule has 2 aliphatic rings. The van der Waals surface area contributed by atoms with Gasteiger partial charge in [-0.1, -0.05) is 0 Å². The summed E-state index contributed by atoms with van der Waals surface area (Å²) in [5, 5.41) is 2.74. The molecule has 0 bridgehead atoms. The van der Waals surface area contributed by atoms with Crippen molar-refractivity contribution in [2.75, 3.05) is 25.1 Å². The van der Waals surface area contributed by atoms with Crippen molar-refractivity contribution in [2.45, 2.75) is 31.7 Å². The third-order valence-corrected chi connectivity index (χ3v) is 5.27. The third kappa shape index (κ3) is 4.50. The second-order valence-electron chi connectivity index (χ2n) is 7.29. The van der Waals surface area contributed by atoms with Gasteiger partial charge in [0.1, 0.15) is 17.3 Å². The zero-order valence-electron chi connectivity index (χ0n) is 16.0. The van der Waals surface area contributed by atoms with Crippen LogP contribution < -0.4 is 14.8 Å². The zero-order chi connectivity index (χ0) is 20.2. The van der Waals surface area contributed by atoms with Crippen molar-refractivity contribution < 1.29 is 23.5 Å². The van der Waals surface area contributed by atoms with Crippen LogP contribution in [0.3, 0.4) is 0 Å². The number of ether oxygens (including phenoxy) is 2. The van der Waals surface area contributed by atoms with Crippen molar-refractivity contribution in [3.05, 3.63) is 53.8 Å². The number of carbonyl (C=O) groups is 2. The van der Waals surface area contributed by atoms with Crippen LogP contribution in [-0.2, 0) is 4.79 Å². The lowest BCUT2D eigenvalue weighted by Gasteiger charge is -2.37. The van der Waals surface area contributed by atoms with Crippen LogP contribution in [0.4, 0.5) is 10.1 Å². The molecule has 6 nitrogen and oxygen atoms in total. The van der Waals surface area contributed by atoms with E-state index in [1.54, 1.807) is 18.2 Å². The van der Waals surface area contributed by atoms with E-state index in [0.29, 0.717) is 29.4 Å². The first-order chi connectivity index (χ1) is 14.1. The van der Waals surface area contributed by atoms with Crippen LogP contribution in [0.2, 0.25) is 0 Å². The first-order valence-electron chi connectivity index (χ1n) is 9.86. The zero-order valence-corrected chi connectivity index (χ0v) is 16.0. The Hall–Kier alpha value is -3.09. The standard InChI is InChI=1S/C22H23FN2O4/c23-15-4-7-18(8-5-15)29-14-21(26)24-16-6-9-20-19(13-16)22(27)25-11-2-1-3-17(25)10-12-28-20/h4-9,13,17H,1-3,10-12,14H2,(H,24,26). The van der Waals surface area contributed by atoms with E-state index in [1.807, 2.05) is 4.90 Å². The molecule has 2 aromatic carbocycles. The lowest BCUT2D eigenvalue weighted by molar-refractivity contribution is -0.118. The summed E-state index contributed by atoms with van der Waals surface area (Å²) in [5.41, 5.74) is 0.969. The van der Waals surface area contributed by atoms with E-state index in [0.717, 1.165) is 32.2 Å². The Morgan fingerprint density at radius 1 is 1.17 bits per heavy atom. The first kappa shape index (κ1) is 19.2. The monoisotopic (exact) mass is 398 g/mol. The molecule has 1 N–H and O–H groups in total. The van der Waals surface area contributed by atoms with Crippen molar-refractivity contribution >= 4 is 17.5 Å². The van der Waals surface area contributed by atoms with Gasteiger partial charge in [-0.25, -0.2) is 4.39 Å². The number of carbonyl (C=O) groups excluding carboxylic acids is 2. The maximum Gasteiger partial charge on any atom is 0.262 e. The summed E-state index contributed by atoms with van der Waals surface area (Å²) < 4.78 is 24.1. The molecule has 0 saturated carbocycles. The number of benzene rings is 2. The number of fused-ring (bicyclic) bond motifs is 2. The summed E-state index contributed by atoms with van der Waals surface area (Å²) in [5.74, 6) is 0.150. The second-order valence-corrected chi connectivity index (χ2v) is 7.29. The number of nitrogens with zero attached hydrogens (tertiary/aromatic N) is 1. The Morgan fingerprint density at radius 3 is 2.83 bits per heavy atom. The van der Waals surface area contributed by atoms with Gasteiger partial charge in [0.2, 0.25) is 0 Å². The van der Waals surface area contributed by atoms with E-state index in [4.69, 9.17) is 9.47 Å². The van der Waals surface area contributed by atoms with Gasteiger partial charge in [-0.05, 0) is 61.7 Å². The van der Waals surface area contributed by atoms with Crippen molar-refractivity contribution in [2.24, 2.45) is 0 Å². The molecule has 1 unspecified atom stereocenters. The van der Waals surface area contributed by atoms with Crippen LogP contribution in [0.1, 0.15) is 36.0 Å². The van der Waals surface area contributed by atoms with Crippen LogP contribution in [0.15, 0.2) is 42.5 Å². The van der Waals surface area contributed by atoms with Gasteiger partial charge >= 0.3 is 0 Å². The van der Waals surface area contributed by atoms with Crippen molar-refractivity contribution in [1.82, 2.24) is 4.90 Å². The highest BCUT2D eigenvalue weighted by molar-refractivity contribution is 6.00. The Balaban J connectivity index is 1.44. The van der Waals surface area contributed by atoms with E-state index in [2.05, 4.69) is 5.32 Å². The number of halogens is 1. The molecule has 1 fully saturated rings. The highest BCUT2D eigenvalue weighted by Gasteiger charge is 2.31. The largest absolute Gasteiger partial charge is 0.493 e. The lowest BCUT2D eigenvalue weighted by Crippen LogP contribution is -2.45. The highest BCUT2D eigenvalue weighted by Crippen LogP contribution is 2.30. The molecular weight excluding hydrogens is 375 g/mol. The molecule has 4 rings (SSSR count). The molecular formula is C22H23FN2O4. The lowest BCUT2D eigenvalue weighted by atomic mass is 9.97. The third-order valence-electron chi connectivity index (χ3n) is 5.27. The number of hydrogen-bond acceptors (Lipinski definition) is 4. The number of piperidine rings is 1. The van der Waals surface area contributed by atoms with E-state index in [1.165, 1.54) is 24.3 Å². The maximum atomic E-state index is 13.1. The molecule has 0 aromatic heterocycles. The first-order valence-corrected chi connectivity index (χ1v) is 9.86. The Kier molecular flexibility index (Phi) is 5.64. The summed E-state index contributed by atoms with van der Waals surface area (Å²) in [6, 6.07) is 10.7. The quantitative estimate of drug-likeness (QED) is 0.854. The topological polar surface area (TPSA) is 67.9 Å². The van der Waals surface area contributed by atoms with Crippen LogP contribution in [0.5, 0.6) is 11.5 Å². The van der Waals surface area contributed by atoms with Gasteiger partial charge in [-0.2, -0.15) is 0 Å². The molecule has 0 radical (unpaired) electrons. The predicted molar refractivity (Wildman–Crippen MR) is 106 cm³/mol.